The van der Waals surface area contributed by atoms with Crippen LogP contribution in [0, 0.1) is 6.92 Å². The first kappa shape index (κ1) is 18.4. The fourth-order valence-electron chi connectivity index (χ4n) is 2.58. The molecule has 0 aliphatic rings. The zero-order valence-electron chi connectivity index (χ0n) is 15.1. The minimum Gasteiger partial charge on any atom is -0.470 e. The van der Waals surface area contributed by atoms with Crippen molar-refractivity contribution < 1.29 is 13.5 Å². The first-order valence-electron chi connectivity index (χ1n) is 8.45. The lowest BCUT2D eigenvalue weighted by Gasteiger charge is -2.09. The van der Waals surface area contributed by atoms with Crippen LogP contribution in [0.4, 0.5) is 14.6 Å². The number of nitrogens with two attached hydrogens (primary N) is 1. The van der Waals surface area contributed by atoms with Crippen LogP contribution in [0.2, 0.25) is 0 Å². The van der Waals surface area contributed by atoms with Gasteiger partial charge in [-0.05, 0) is 25.1 Å². The van der Waals surface area contributed by atoms with E-state index in [-0.39, 0.29) is 18.1 Å². The minimum absolute atomic E-state index is 0.0632. The van der Waals surface area contributed by atoms with Crippen LogP contribution in [0.15, 0.2) is 42.6 Å². The van der Waals surface area contributed by atoms with Crippen LogP contribution in [-0.2, 0) is 6.61 Å². The molecular formula is C17H15F2N9O. The largest absolute Gasteiger partial charge is 0.470 e. The number of hydrogen-bond donors (Lipinski definition) is 1. The topological polar surface area (TPSA) is 122 Å². The van der Waals surface area contributed by atoms with Crippen molar-refractivity contribution in [2.24, 2.45) is 0 Å². The van der Waals surface area contributed by atoms with Gasteiger partial charge in [0.2, 0.25) is 5.88 Å². The van der Waals surface area contributed by atoms with Crippen LogP contribution in [0.25, 0.3) is 11.5 Å². The summed E-state index contributed by atoms with van der Waals surface area (Å²) < 4.78 is 34.1. The number of aryl methyl sites for hydroxylation is 1. The molecule has 0 radical (unpaired) electrons. The molecule has 3 aromatic heterocycles. The number of anilines is 1. The Labute approximate surface area is 162 Å². The molecule has 12 heteroatoms. The first-order valence-corrected chi connectivity index (χ1v) is 8.45. The summed E-state index contributed by atoms with van der Waals surface area (Å²) in [6.45, 7) is 1.88. The summed E-state index contributed by atoms with van der Waals surface area (Å²) in [4.78, 5) is 0. The van der Waals surface area contributed by atoms with Gasteiger partial charge in [-0.3, -0.25) is 0 Å². The Balaban J connectivity index is 1.50. The average Bonchev–Trinajstić information content (AvgIpc) is 3.32. The maximum atomic E-state index is 12.7. The molecule has 148 valence electrons. The molecule has 1 aromatic carbocycles. The Hall–Kier alpha value is -3.96. The van der Waals surface area contributed by atoms with Gasteiger partial charge in [-0.2, -0.15) is 4.68 Å². The zero-order chi connectivity index (χ0) is 20.4. The lowest BCUT2D eigenvalue weighted by atomic mass is 10.2. The quantitative estimate of drug-likeness (QED) is 0.523. The van der Waals surface area contributed by atoms with Gasteiger partial charge in [-0.25, -0.2) is 13.5 Å². The SMILES string of the molecule is Cc1nnn(-c2ccc(C(F)F)cc2)c1COc1ccc(-n2nncc2N)nn1. The summed E-state index contributed by atoms with van der Waals surface area (Å²) in [5.74, 6) is 0.999. The third kappa shape index (κ3) is 3.72. The van der Waals surface area contributed by atoms with E-state index >= 15 is 0 Å². The summed E-state index contributed by atoms with van der Waals surface area (Å²) in [5, 5.41) is 23.6. The lowest BCUT2D eigenvalue weighted by Crippen LogP contribution is -2.09. The maximum Gasteiger partial charge on any atom is 0.263 e. The highest BCUT2D eigenvalue weighted by molar-refractivity contribution is 5.37. The zero-order valence-corrected chi connectivity index (χ0v) is 15.1. The van der Waals surface area contributed by atoms with Crippen LogP contribution in [-0.4, -0.2) is 40.2 Å². The van der Waals surface area contributed by atoms with Crippen molar-refractivity contribution in [2.45, 2.75) is 20.0 Å². The van der Waals surface area contributed by atoms with Gasteiger partial charge < -0.3 is 10.5 Å². The van der Waals surface area contributed by atoms with Crippen molar-refractivity contribution in [1.29, 1.82) is 0 Å². The van der Waals surface area contributed by atoms with Crippen molar-refractivity contribution in [3.05, 3.63) is 59.5 Å². The van der Waals surface area contributed by atoms with Gasteiger partial charge in [0.25, 0.3) is 6.43 Å². The molecule has 0 bridgehead atoms. The molecule has 0 amide bonds. The molecule has 0 spiro atoms. The average molecular weight is 399 g/mol. The minimum atomic E-state index is -2.53. The van der Waals surface area contributed by atoms with E-state index in [1.54, 1.807) is 31.2 Å². The Morgan fingerprint density at radius 2 is 1.79 bits per heavy atom. The van der Waals surface area contributed by atoms with Crippen LogP contribution in [0.3, 0.4) is 0 Å². The Morgan fingerprint density at radius 3 is 2.41 bits per heavy atom. The van der Waals surface area contributed by atoms with E-state index in [9.17, 15) is 8.78 Å². The highest BCUT2D eigenvalue weighted by Crippen LogP contribution is 2.21. The van der Waals surface area contributed by atoms with Gasteiger partial charge in [0, 0.05) is 11.6 Å². The van der Waals surface area contributed by atoms with E-state index in [2.05, 4.69) is 30.8 Å². The molecule has 0 fully saturated rings. The number of halogens is 2. The summed E-state index contributed by atoms with van der Waals surface area (Å²) in [6.07, 6.45) is -1.13. The van der Waals surface area contributed by atoms with Crippen molar-refractivity contribution in [3.8, 4) is 17.4 Å². The van der Waals surface area contributed by atoms with Gasteiger partial charge in [0.1, 0.15) is 18.1 Å². The summed E-state index contributed by atoms with van der Waals surface area (Å²) in [7, 11) is 0. The van der Waals surface area contributed by atoms with Gasteiger partial charge in [0.15, 0.2) is 5.82 Å². The van der Waals surface area contributed by atoms with Crippen LogP contribution in [0.1, 0.15) is 23.4 Å². The molecule has 4 aromatic rings. The predicted octanol–water partition coefficient (Wildman–Crippen LogP) is 2.05. The van der Waals surface area contributed by atoms with Gasteiger partial charge in [0.05, 0.1) is 17.6 Å². The second-order valence-electron chi connectivity index (χ2n) is 6.01. The highest BCUT2D eigenvalue weighted by atomic mass is 19.3. The van der Waals surface area contributed by atoms with E-state index in [1.807, 2.05) is 0 Å². The van der Waals surface area contributed by atoms with E-state index < -0.39 is 6.43 Å². The predicted molar refractivity (Wildman–Crippen MR) is 96.7 cm³/mol. The normalized spacial score (nSPS) is 11.2. The Kier molecular flexibility index (Phi) is 4.81. The second kappa shape index (κ2) is 7.58. The monoisotopic (exact) mass is 399 g/mol. The van der Waals surface area contributed by atoms with Crippen molar-refractivity contribution in [2.75, 3.05) is 5.73 Å². The molecule has 3 heterocycles. The van der Waals surface area contributed by atoms with E-state index in [1.165, 1.54) is 27.7 Å². The smallest absolute Gasteiger partial charge is 0.263 e. The van der Waals surface area contributed by atoms with E-state index in [0.29, 0.717) is 28.7 Å². The third-order valence-electron chi connectivity index (χ3n) is 4.12. The van der Waals surface area contributed by atoms with Gasteiger partial charge in [-0.15, -0.1) is 20.4 Å². The van der Waals surface area contributed by atoms with Gasteiger partial charge in [-0.1, -0.05) is 22.6 Å². The molecular weight excluding hydrogens is 384 g/mol. The van der Waals surface area contributed by atoms with E-state index in [0.717, 1.165) is 0 Å². The van der Waals surface area contributed by atoms with Crippen LogP contribution in [0.5, 0.6) is 5.88 Å². The molecule has 0 atom stereocenters. The summed E-state index contributed by atoms with van der Waals surface area (Å²) in [6, 6.07) is 9.05. The molecule has 10 nitrogen and oxygen atoms in total. The molecule has 0 unspecified atom stereocenters. The first-order chi connectivity index (χ1) is 14.0. The standard InChI is InChI=1S/C17H15F2N9O/c1-10-13(27(26-22-10)12-4-2-11(3-5-12)17(18)19)9-29-16-7-6-15(23-24-16)28-14(20)8-21-25-28/h2-8,17H,9,20H2,1H3. The number of ether oxygens (including phenoxy) is 1. The number of hydrogen-bond acceptors (Lipinski definition) is 8. The molecule has 0 aliphatic carbocycles. The fraction of sp³-hybridized carbons (Fsp3) is 0.176. The molecule has 29 heavy (non-hydrogen) atoms. The number of benzene rings is 1. The molecule has 0 aliphatic heterocycles. The molecule has 0 saturated heterocycles. The number of alkyl halides is 2. The second-order valence-corrected chi connectivity index (χ2v) is 6.01. The van der Waals surface area contributed by atoms with Crippen LogP contribution >= 0.6 is 0 Å². The van der Waals surface area contributed by atoms with Gasteiger partial charge >= 0.3 is 0 Å². The molecule has 2 N–H and O–H groups in total. The van der Waals surface area contributed by atoms with E-state index in [4.69, 9.17) is 10.5 Å². The highest BCUT2D eigenvalue weighted by Gasteiger charge is 2.14. The number of rotatable bonds is 6. The Bertz CT molecular complexity index is 1110. The lowest BCUT2D eigenvalue weighted by molar-refractivity contribution is 0.151. The summed E-state index contributed by atoms with van der Waals surface area (Å²) >= 11 is 0. The summed E-state index contributed by atoms with van der Waals surface area (Å²) in [5.41, 5.74) is 7.55. The molecule has 4 rings (SSSR count). The number of aromatic nitrogens is 8. The number of nitrogens with zero attached hydrogens (tertiary/aromatic N) is 8. The van der Waals surface area contributed by atoms with Crippen molar-refractivity contribution in [3.63, 3.8) is 0 Å². The van der Waals surface area contributed by atoms with Crippen molar-refractivity contribution >= 4 is 5.82 Å². The maximum absolute atomic E-state index is 12.7. The van der Waals surface area contributed by atoms with Crippen molar-refractivity contribution in [1.82, 2.24) is 40.2 Å². The molecule has 0 saturated carbocycles. The Morgan fingerprint density at radius 1 is 1.00 bits per heavy atom. The third-order valence-corrected chi connectivity index (χ3v) is 4.12. The fourth-order valence-corrected chi connectivity index (χ4v) is 2.58. The number of nitrogen functional groups attached to an aromatic ring is 1. The van der Waals surface area contributed by atoms with Crippen LogP contribution < -0.4 is 10.5 Å².